The van der Waals surface area contributed by atoms with Crippen LogP contribution in [0.4, 0.5) is 0 Å². The zero-order valence-corrected chi connectivity index (χ0v) is 13.4. The van der Waals surface area contributed by atoms with Gasteiger partial charge in [-0.1, -0.05) is 39.0 Å². The van der Waals surface area contributed by atoms with Gasteiger partial charge in [-0.15, -0.1) is 0 Å². The molecule has 1 aromatic rings. The van der Waals surface area contributed by atoms with Crippen LogP contribution in [0.2, 0.25) is 0 Å². The van der Waals surface area contributed by atoms with Crippen LogP contribution in [0.25, 0.3) is 0 Å². The normalized spacial score (nSPS) is 10.3. The highest BCUT2D eigenvalue weighted by Gasteiger charge is 2.12. The molecule has 1 amide bonds. The van der Waals surface area contributed by atoms with E-state index >= 15 is 0 Å². The third-order valence-corrected chi connectivity index (χ3v) is 3.41. The molecule has 1 rings (SSSR count). The average molecular weight is 307 g/mol. The molecule has 5 nitrogen and oxygen atoms in total. The van der Waals surface area contributed by atoms with Crippen LogP contribution in [0.3, 0.4) is 0 Å². The molecule has 0 fully saturated rings. The molecule has 0 bridgehead atoms. The lowest BCUT2D eigenvalue weighted by Gasteiger charge is -2.10. The number of nitrogens with two attached hydrogens (primary N) is 1. The number of unbranched alkanes of at least 4 members (excludes halogenated alkanes) is 5. The van der Waals surface area contributed by atoms with Crippen molar-refractivity contribution in [2.75, 3.05) is 7.11 Å². The number of hydrogen-bond donors (Lipinski definition) is 1. The van der Waals surface area contributed by atoms with Gasteiger partial charge in [0.2, 0.25) is 5.91 Å². The van der Waals surface area contributed by atoms with Crippen LogP contribution >= 0.6 is 0 Å². The number of ether oxygens (including phenoxy) is 2. The monoisotopic (exact) mass is 307 g/mol. The van der Waals surface area contributed by atoms with E-state index < -0.39 is 5.91 Å². The Kier molecular flexibility index (Phi) is 8.04. The van der Waals surface area contributed by atoms with Gasteiger partial charge in [0.1, 0.15) is 0 Å². The summed E-state index contributed by atoms with van der Waals surface area (Å²) in [7, 11) is 1.45. The third-order valence-electron chi connectivity index (χ3n) is 3.41. The van der Waals surface area contributed by atoms with Crippen molar-refractivity contribution in [3.63, 3.8) is 0 Å². The predicted octanol–water partition coefficient (Wildman–Crippen LogP) is 3.45. The van der Waals surface area contributed by atoms with E-state index in [1.54, 1.807) is 0 Å². The van der Waals surface area contributed by atoms with E-state index in [0.29, 0.717) is 23.5 Å². The van der Waals surface area contributed by atoms with Gasteiger partial charge >= 0.3 is 5.97 Å². The number of carbonyl (C=O) groups excluding carboxylic acids is 2. The highest BCUT2D eigenvalue weighted by atomic mass is 16.6. The van der Waals surface area contributed by atoms with Crippen LogP contribution in [0.15, 0.2) is 18.2 Å². The van der Waals surface area contributed by atoms with Crippen LogP contribution < -0.4 is 15.2 Å². The number of hydrogen-bond acceptors (Lipinski definition) is 4. The molecule has 0 spiro atoms. The molecule has 0 atom stereocenters. The number of primary amides is 1. The number of methoxy groups -OCH3 is 1. The van der Waals surface area contributed by atoms with E-state index in [9.17, 15) is 9.59 Å². The van der Waals surface area contributed by atoms with Crippen LogP contribution in [0, 0.1) is 0 Å². The Hall–Kier alpha value is -2.04. The van der Waals surface area contributed by atoms with Crippen LogP contribution in [-0.2, 0) is 4.79 Å². The Morgan fingerprint density at radius 2 is 1.73 bits per heavy atom. The van der Waals surface area contributed by atoms with Crippen LogP contribution in [0.1, 0.15) is 62.2 Å². The van der Waals surface area contributed by atoms with Crippen molar-refractivity contribution in [1.29, 1.82) is 0 Å². The first kappa shape index (κ1) is 18.0. The van der Waals surface area contributed by atoms with Crippen LogP contribution in [-0.4, -0.2) is 19.0 Å². The Balaban J connectivity index is 2.45. The summed E-state index contributed by atoms with van der Waals surface area (Å²) in [5, 5.41) is 0. The van der Waals surface area contributed by atoms with Crippen molar-refractivity contribution in [1.82, 2.24) is 0 Å². The lowest BCUT2D eigenvalue weighted by molar-refractivity contribution is -0.134. The molecule has 0 aliphatic heterocycles. The van der Waals surface area contributed by atoms with Gasteiger partial charge in [-0.05, 0) is 24.6 Å². The predicted molar refractivity (Wildman–Crippen MR) is 85.1 cm³/mol. The van der Waals surface area contributed by atoms with Crippen LogP contribution in [0.5, 0.6) is 11.5 Å². The fraction of sp³-hybridized carbons (Fsp3) is 0.529. The topological polar surface area (TPSA) is 78.6 Å². The first-order chi connectivity index (χ1) is 10.6. The summed E-state index contributed by atoms with van der Waals surface area (Å²) in [6.07, 6.45) is 7.06. The SMILES string of the molecule is CCCCCCCCC(=O)Oc1ccc(C(N)=O)cc1OC. The summed E-state index contributed by atoms with van der Waals surface area (Å²) in [4.78, 5) is 22.9. The second-order valence-electron chi connectivity index (χ2n) is 5.22. The number of rotatable bonds is 10. The minimum absolute atomic E-state index is 0.291. The first-order valence-corrected chi connectivity index (χ1v) is 7.77. The molecule has 5 heteroatoms. The molecule has 1 aromatic carbocycles. The minimum atomic E-state index is -0.553. The summed E-state index contributed by atoms with van der Waals surface area (Å²) in [5.74, 6) is -0.208. The molecular weight excluding hydrogens is 282 g/mol. The lowest BCUT2D eigenvalue weighted by Crippen LogP contribution is -2.12. The quantitative estimate of drug-likeness (QED) is 0.408. The summed E-state index contributed by atoms with van der Waals surface area (Å²) in [6.45, 7) is 2.17. The number of benzene rings is 1. The summed E-state index contributed by atoms with van der Waals surface area (Å²) in [6, 6.07) is 4.51. The summed E-state index contributed by atoms with van der Waals surface area (Å²) < 4.78 is 10.4. The number of carbonyl (C=O) groups is 2. The molecule has 0 unspecified atom stereocenters. The summed E-state index contributed by atoms with van der Waals surface area (Å²) >= 11 is 0. The average Bonchev–Trinajstić information content (AvgIpc) is 2.50. The van der Waals surface area contributed by atoms with Gasteiger partial charge in [0.15, 0.2) is 11.5 Å². The van der Waals surface area contributed by atoms with Gasteiger partial charge in [0.25, 0.3) is 0 Å². The minimum Gasteiger partial charge on any atom is -0.493 e. The number of amides is 1. The molecule has 0 saturated carbocycles. The second-order valence-corrected chi connectivity index (χ2v) is 5.22. The van der Waals surface area contributed by atoms with E-state index in [0.717, 1.165) is 19.3 Å². The van der Waals surface area contributed by atoms with E-state index in [2.05, 4.69) is 6.92 Å². The van der Waals surface area contributed by atoms with Gasteiger partial charge < -0.3 is 15.2 Å². The van der Waals surface area contributed by atoms with Crippen molar-refractivity contribution in [3.8, 4) is 11.5 Å². The Morgan fingerprint density at radius 3 is 2.36 bits per heavy atom. The Bertz CT molecular complexity index is 499. The molecule has 0 aliphatic carbocycles. The first-order valence-electron chi connectivity index (χ1n) is 7.77. The molecule has 22 heavy (non-hydrogen) atoms. The van der Waals surface area contributed by atoms with E-state index in [1.807, 2.05) is 0 Å². The van der Waals surface area contributed by atoms with E-state index in [1.165, 1.54) is 44.6 Å². The lowest BCUT2D eigenvalue weighted by atomic mass is 10.1. The molecule has 2 N–H and O–H groups in total. The fourth-order valence-corrected chi connectivity index (χ4v) is 2.13. The molecule has 0 aromatic heterocycles. The van der Waals surface area contributed by atoms with Crippen molar-refractivity contribution in [3.05, 3.63) is 23.8 Å². The van der Waals surface area contributed by atoms with Crippen molar-refractivity contribution < 1.29 is 19.1 Å². The maximum atomic E-state index is 11.8. The molecular formula is C17H25NO4. The molecule has 0 radical (unpaired) electrons. The van der Waals surface area contributed by atoms with Crippen molar-refractivity contribution in [2.24, 2.45) is 5.73 Å². The van der Waals surface area contributed by atoms with Gasteiger partial charge in [0.05, 0.1) is 7.11 Å². The Morgan fingerprint density at radius 1 is 1.05 bits per heavy atom. The fourth-order valence-electron chi connectivity index (χ4n) is 2.13. The summed E-state index contributed by atoms with van der Waals surface area (Å²) in [5.41, 5.74) is 5.51. The Labute approximate surface area is 131 Å². The van der Waals surface area contributed by atoms with Crippen molar-refractivity contribution >= 4 is 11.9 Å². The maximum absolute atomic E-state index is 11.8. The zero-order valence-electron chi connectivity index (χ0n) is 13.4. The molecule has 0 aliphatic rings. The van der Waals surface area contributed by atoms with Crippen molar-refractivity contribution in [2.45, 2.75) is 51.9 Å². The highest BCUT2D eigenvalue weighted by Crippen LogP contribution is 2.28. The maximum Gasteiger partial charge on any atom is 0.311 e. The number of esters is 1. The third kappa shape index (κ3) is 6.16. The van der Waals surface area contributed by atoms with E-state index in [4.69, 9.17) is 15.2 Å². The van der Waals surface area contributed by atoms with Gasteiger partial charge in [-0.25, -0.2) is 0 Å². The highest BCUT2D eigenvalue weighted by molar-refractivity contribution is 5.93. The standard InChI is InChI=1S/C17H25NO4/c1-3-4-5-6-7-8-9-16(19)22-14-11-10-13(17(18)20)12-15(14)21-2/h10-12H,3-9H2,1-2H3,(H2,18,20). The van der Waals surface area contributed by atoms with Gasteiger partial charge in [0, 0.05) is 12.0 Å². The molecule has 0 heterocycles. The second kappa shape index (κ2) is 9.82. The largest absolute Gasteiger partial charge is 0.493 e. The molecule has 122 valence electrons. The van der Waals surface area contributed by atoms with Gasteiger partial charge in [-0.3, -0.25) is 9.59 Å². The van der Waals surface area contributed by atoms with Gasteiger partial charge in [-0.2, -0.15) is 0 Å². The molecule has 0 saturated heterocycles. The zero-order chi connectivity index (χ0) is 16.4. The smallest absolute Gasteiger partial charge is 0.311 e. The van der Waals surface area contributed by atoms with E-state index in [-0.39, 0.29) is 5.97 Å².